The second-order valence-corrected chi connectivity index (χ2v) is 6.99. The minimum absolute atomic E-state index is 0.159. The van der Waals surface area contributed by atoms with Gasteiger partial charge in [0.1, 0.15) is 5.69 Å². The number of amides is 2. The number of halogens is 3. The van der Waals surface area contributed by atoms with Crippen LogP contribution in [-0.2, 0) is 16.1 Å². The molecule has 3 rings (SSSR count). The summed E-state index contributed by atoms with van der Waals surface area (Å²) in [5.74, 6) is -2.09. The maximum atomic E-state index is 13.5. The Labute approximate surface area is 176 Å². The third-order valence-electron chi connectivity index (χ3n) is 4.66. The van der Waals surface area contributed by atoms with E-state index in [2.05, 4.69) is 10.5 Å². The highest BCUT2D eigenvalue weighted by Crippen LogP contribution is 2.33. The van der Waals surface area contributed by atoms with Crippen LogP contribution >= 0.6 is 0 Å². The van der Waals surface area contributed by atoms with Gasteiger partial charge >= 0.3 is 18.0 Å². The predicted molar refractivity (Wildman–Crippen MR) is 107 cm³/mol. The van der Waals surface area contributed by atoms with Gasteiger partial charge in [0, 0.05) is 11.1 Å². The topological polar surface area (TPSA) is 84.2 Å². The fourth-order valence-corrected chi connectivity index (χ4v) is 3.04. The van der Waals surface area contributed by atoms with E-state index in [0.29, 0.717) is 22.6 Å². The molecule has 1 unspecified atom stereocenters. The molecule has 0 aliphatic rings. The number of alkyl halides is 3. The van der Waals surface area contributed by atoms with Gasteiger partial charge in [-0.25, -0.2) is 0 Å². The standard InChI is InChI=1S/C22H20F3N3O3/c1-13-7-6-10-16(11-13)19(22(23,24)25)27-21(30)20(29)26-12-17-14(2)18(31-28-17)15-8-4-3-5-9-15/h3-11,19H,12H2,1-2H3,(H,26,29)(H,27,30). The molecule has 0 spiro atoms. The van der Waals surface area contributed by atoms with Crippen LogP contribution in [0.3, 0.4) is 0 Å². The van der Waals surface area contributed by atoms with Crippen molar-refractivity contribution in [3.8, 4) is 11.3 Å². The van der Waals surface area contributed by atoms with E-state index < -0.39 is 24.0 Å². The van der Waals surface area contributed by atoms with E-state index >= 15 is 0 Å². The van der Waals surface area contributed by atoms with Gasteiger partial charge in [-0.05, 0) is 19.4 Å². The molecule has 0 saturated carbocycles. The van der Waals surface area contributed by atoms with Gasteiger partial charge in [0.25, 0.3) is 0 Å². The number of hydrogen-bond acceptors (Lipinski definition) is 4. The van der Waals surface area contributed by atoms with Gasteiger partial charge in [-0.1, -0.05) is 65.3 Å². The molecule has 1 atom stereocenters. The molecule has 6 nitrogen and oxygen atoms in total. The van der Waals surface area contributed by atoms with Crippen molar-refractivity contribution in [2.75, 3.05) is 0 Å². The predicted octanol–water partition coefficient (Wildman–Crippen LogP) is 3.99. The largest absolute Gasteiger partial charge is 0.412 e. The number of benzene rings is 2. The third kappa shape index (κ3) is 5.30. The zero-order valence-electron chi connectivity index (χ0n) is 16.8. The van der Waals surface area contributed by atoms with Crippen molar-refractivity contribution in [2.45, 2.75) is 32.6 Å². The van der Waals surface area contributed by atoms with Crippen LogP contribution in [-0.4, -0.2) is 23.1 Å². The summed E-state index contributed by atoms with van der Waals surface area (Å²) < 4.78 is 45.7. The van der Waals surface area contributed by atoms with Crippen molar-refractivity contribution < 1.29 is 27.3 Å². The van der Waals surface area contributed by atoms with Crippen LogP contribution in [0.1, 0.15) is 28.4 Å². The molecule has 2 amide bonds. The van der Waals surface area contributed by atoms with Gasteiger partial charge in [-0.15, -0.1) is 0 Å². The zero-order chi connectivity index (χ0) is 22.6. The Morgan fingerprint density at radius 2 is 1.74 bits per heavy atom. The summed E-state index contributed by atoms with van der Waals surface area (Å²) in [7, 11) is 0. The van der Waals surface area contributed by atoms with E-state index in [1.807, 2.05) is 30.3 Å². The molecule has 2 N–H and O–H groups in total. The zero-order valence-corrected chi connectivity index (χ0v) is 16.8. The number of nitrogens with one attached hydrogen (secondary N) is 2. The van der Waals surface area contributed by atoms with Crippen molar-refractivity contribution in [3.63, 3.8) is 0 Å². The van der Waals surface area contributed by atoms with Gasteiger partial charge in [-0.2, -0.15) is 13.2 Å². The molecule has 0 bridgehead atoms. The first-order valence-corrected chi connectivity index (χ1v) is 9.39. The number of nitrogens with zero attached hydrogens (tertiary/aromatic N) is 1. The van der Waals surface area contributed by atoms with E-state index in [4.69, 9.17) is 4.52 Å². The van der Waals surface area contributed by atoms with E-state index in [9.17, 15) is 22.8 Å². The lowest BCUT2D eigenvalue weighted by Gasteiger charge is -2.22. The van der Waals surface area contributed by atoms with Crippen molar-refractivity contribution in [1.29, 1.82) is 0 Å². The molecular weight excluding hydrogens is 411 g/mol. The number of aryl methyl sites for hydroxylation is 1. The highest BCUT2D eigenvalue weighted by molar-refractivity contribution is 6.35. The molecule has 0 aliphatic heterocycles. The van der Waals surface area contributed by atoms with Crippen LogP contribution in [0, 0.1) is 13.8 Å². The number of aromatic nitrogens is 1. The van der Waals surface area contributed by atoms with Crippen LogP contribution < -0.4 is 10.6 Å². The Kier molecular flexibility index (Phi) is 6.43. The second-order valence-electron chi connectivity index (χ2n) is 6.99. The fraction of sp³-hybridized carbons (Fsp3) is 0.227. The Bertz CT molecular complexity index is 1080. The van der Waals surface area contributed by atoms with Crippen molar-refractivity contribution in [3.05, 3.63) is 77.0 Å². The van der Waals surface area contributed by atoms with E-state index in [1.54, 1.807) is 25.2 Å². The first-order chi connectivity index (χ1) is 14.7. The summed E-state index contributed by atoms with van der Waals surface area (Å²) in [6, 6.07) is 12.5. The van der Waals surface area contributed by atoms with E-state index in [-0.39, 0.29) is 12.1 Å². The third-order valence-corrected chi connectivity index (χ3v) is 4.66. The molecule has 0 saturated heterocycles. The molecule has 0 fully saturated rings. The highest BCUT2D eigenvalue weighted by Gasteiger charge is 2.42. The molecule has 3 aromatic rings. The van der Waals surface area contributed by atoms with Crippen LogP contribution in [0.25, 0.3) is 11.3 Å². The minimum atomic E-state index is -4.77. The summed E-state index contributed by atoms with van der Waals surface area (Å²) in [4.78, 5) is 24.2. The van der Waals surface area contributed by atoms with Crippen molar-refractivity contribution in [1.82, 2.24) is 15.8 Å². The summed E-state index contributed by atoms with van der Waals surface area (Å²) in [6.07, 6.45) is -4.77. The maximum absolute atomic E-state index is 13.5. The lowest BCUT2D eigenvalue weighted by atomic mass is 10.0. The van der Waals surface area contributed by atoms with Crippen molar-refractivity contribution >= 4 is 11.8 Å². The van der Waals surface area contributed by atoms with Crippen LogP contribution in [0.15, 0.2) is 59.1 Å². The summed E-state index contributed by atoms with van der Waals surface area (Å²) in [5.41, 5.74) is 2.24. The number of carbonyl (C=O) groups excluding carboxylic acids is 2. The Hall–Kier alpha value is -3.62. The average molecular weight is 431 g/mol. The lowest BCUT2D eigenvalue weighted by Crippen LogP contribution is -2.45. The van der Waals surface area contributed by atoms with Gasteiger partial charge in [0.05, 0.1) is 6.54 Å². The first-order valence-electron chi connectivity index (χ1n) is 9.39. The molecular formula is C22H20F3N3O3. The SMILES string of the molecule is Cc1cccc(C(NC(=O)C(=O)NCc2noc(-c3ccccc3)c2C)C(F)(F)F)c1. The average Bonchev–Trinajstić information content (AvgIpc) is 3.10. The van der Waals surface area contributed by atoms with Crippen LogP contribution in [0.4, 0.5) is 13.2 Å². The van der Waals surface area contributed by atoms with Gasteiger partial charge in [-0.3, -0.25) is 9.59 Å². The molecule has 31 heavy (non-hydrogen) atoms. The maximum Gasteiger partial charge on any atom is 0.412 e. The number of hydrogen-bond donors (Lipinski definition) is 2. The second kappa shape index (κ2) is 9.03. The first kappa shape index (κ1) is 22.1. The molecule has 1 aromatic heterocycles. The highest BCUT2D eigenvalue weighted by atomic mass is 19.4. The summed E-state index contributed by atoms with van der Waals surface area (Å²) >= 11 is 0. The summed E-state index contributed by atoms with van der Waals surface area (Å²) in [6.45, 7) is 3.20. The van der Waals surface area contributed by atoms with Gasteiger partial charge < -0.3 is 15.2 Å². The molecule has 162 valence electrons. The van der Waals surface area contributed by atoms with Crippen molar-refractivity contribution in [2.24, 2.45) is 0 Å². The molecule has 2 aromatic carbocycles. The molecule has 0 radical (unpaired) electrons. The molecule has 0 aliphatic carbocycles. The van der Waals surface area contributed by atoms with E-state index in [1.165, 1.54) is 18.2 Å². The Morgan fingerprint density at radius 1 is 1.03 bits per heavy atom. The van der Waals surface area contributed by atoms with Crippen LogP contribution in [0.5, 0.6) is 0 Å². The number of rotatable bonds is 5. The quantitative estimate of drug-likeness (QED) is 0.599. The molecule has 9 heteroatoms. The molecule has 1 heterocycles. The Balaban J connectivity index is 1.67. The summed E-state index contributed by atoms with van der Waals surface area (Å²) in [5, 5.41) is 7.93. The minimum Gasteiger partial charge on any atom is -0.356 e. The number of carbonyl (C=O) groups is 2. The van der Waals surface area contributed by atoms with Gasteiger partial charge in [0.15, 0.2) is 11.8 Å². The lowest BCUT2D eigenvalue weighted by molar-refractivity contribution is -0.165. The normalized spacial score (nSPS) is 12.3. The fourth-order valence-electron chi connectivity index (χ4n) is 3.04. The van der Waals surface area contributed by atoms with Crippen LogP contribution in [0.2, 0.25) is 0 Å². The monoisotopic (exact) mass is 431 g/mol. The Morgan fingerprint density at radius 3 is 2.39 bits per heavy atom. The smallest absolute Gasteiger partial charge is 0.356 e. The van der Waals surface area contributed by atoms with E-state index in [0.717, 1.165) is 5.56 Å². The van der Waals surface area contributed by atoms with Gasteiger partial charge in [0.2, 0.25) is 0 Å².